The SMILES string of the molecule is c1ccc(-c2nc(-c3ccccc3)nc(-c3cc(-n4c5ccc(-n6c7ccccc7c7ccccc76)cc5c5cc(-n6c7ccccc7c7cc(-c8cccc9c8c8ccccc8n9-c8ccc9c%10ccccc%10n(-c%10ccc(-c%11cccnc%11)c(-c%11nc(-c%12ccccc%12)nc(-c%12ccccc%12)n%11)c%10)c9c8)ccc76)ccc54)ccc3-c3cccnc3)n2)cc1. The van der Waals surface area contributed by atoms with E-state index in [1.165, 1.54) is 16.2 Å². The van der Waals surface area contributed by atoms with Crippen LogP contribution in [0.25, 0.3) is 239 Å². The van der Waals surface area contributed by atoms with Crippen molar-refractivity contribution in [2.24, 2.45) is 0 Å². The highest BCUT2D eigenvalue weighted by Gasteiger charge is 2.27. The van der Waals surface area contributed by atoms with Crippen molar-refractivity contribution in [1.29, 1.82) is 0 Å². The number of aromatic nitrogens is 13. The molecule has 0 bridgehead atoms. The van der Waals surface area contributed by atoms with Crippen LogP contribution in [0.2, 0.25) is 0 Å². The first-order chi connectivity index (χ1) is 62.0. The second kappa shape index (κ2) is 28.8. The lowest BCUT2D eigenvalue weighted by molar-refractivity contribution is 1.07. The highest BCUT2D eigenvalue weighted by molar-refractivity contribution is 6.19. The van der Waals surface area contributed by atoms with E-state index in [2.05, 4.69) is 342 Å². The normalized spacial score (nSPS) is 11.8. The second-order valence-electron chi connectivity index (χ2n) is 31.8. The molecule has 0 N–H and O–H groups in total. The number of nitrogens with zero attached hydrogens (tertiary/aromatic N) is 13. The molecule has 0 aliphatic heterocycles. The van der Waals surface area contributed by atoms with Crippen LogP contribution in [-0.2, 0) is 0 Å². The topological polar surface area (TPSA) is 128 Å². The zero-order valence-corrected chi connectivity index (χ0v) is 67.2. The molecule has 0 saturated carbocycles. The van der Waals surface area contributed by atoms with E-state index in [4.69, 9.17) is 29.9 Å². The van der Waals surface area contributed by atoms with Crippen LogP contribution >= 0.6 is 0 Å². The quantitative estimate of drug-likeness (QED) is 0.105. The van der Waals surface area contributed by atoms with Gasteiger partial charge in [-0.3, -0.25) is 9.97 Å². The Bertz CT molecular complexity index is 8480. The molecule has 0 radical (unpaired) electrons. The molecule has 9 heterocycles. The Labute approximate surface area is 716 Å². The standard InChI is InChI=1S/C112H69N13/c1-5-26-70(27-6-1)107-115-108(71-28-7-2-8-29-71)118-111(117-107)94-65-77(49-54-82(94)75-34-24-60-113-68-75)123-102-58-52-79(121-96-42-18-13-36-85(96)86-37-14-19-43-97(86)121)63-92(102)93-64-80(53-59-103(93)123)122-99-45-21-16-39-88(99)91-62-74(48-57-101(91)122)84-41-23-47-104-106(84)90-40-17-22-46-100(90)124(104)81-51-56-89-87-38-15-20-44-98(87)125(105(89)67-81)78-50-55-83(76-35-25-61-114-69-76)95(66-78)112-119-109(72-30-9-3-10-31-72)116-110(120-112)73-32-11-4-12-33-73/h1-69H. The van der Waals surface area contributed by atoms with Gasteiger partial charge in [0.05, 0.1) is 55.2 Å². The summed E-state index contributed by atoms with van der Waals surface area (Å²) in [6, 6.07) is 141. The van der Waals surface area contributed by atoms with Crippen LogP contribution in [0, 0.1) is 0 Å². The molecule has 0 saturated heterocycles. The fourth-order valence-corrected chi connectivity index (χ4v) is 19.2. The zero-order valence-electron chi connectivity index (χ0n) is 67.2. The van der Waals surface area contributed by atoms with Crippen molar-refractivity contribution in [3.63, 3.8) is 0 Å². The largest absolute Gasteiger partial charge is 0.309 e. The van der Waals surface area contributed by atoms with E-state index in [1.807, 2.05) is 110 Å². The minimum atomic E-state index is 0.550. The molecular weight excluding hydrogens is 1530 g/mol. The number of hydrogen-bond acceptors (Lipinski definition) is 8. The predicted octanol–water partition coefficient (Wildman–Crippen LogP) is 27.3. The van der Waals surface area contributed by atoms with Gasteiger partial charge < -0.3 is 22.8 Å². The average molecular weight is 1600 g/mol. The molecule has 9 aromatic heterocycles. The first kappa shape index (κ1) is 70.8. The van der Waals surface area contributed by atoms with Crippen LogP contribution < -0.4 is 0 Å². The van der Waals surface area contributed by atoms with Gasteiger partial charge in [0.25, 0.3) is 0 Å². The number of hydrogen-bond donors (Lipinski definition) is 0. The molecule has 16 aromatic carbocycles. The van der Waals surface area contributed by atoms with E-state index in [9.17, 15) is 0 Å². The van der Waals surface area contributed by atoms with E-state index >= 15 is 0 Å². The third kappa shape index (κ3) is 11.6. The summed E-state index contributed by atoms with van der Waals surface area (Å²) < 4.78 is 12.1. The van der Waals surface area contributed by atoms with E-state index in [-0.39, 0.29) is 0 Å². The summed E-state index contributed by atoms with van der Waals surface area (Å²) in [6.45, 7) is 0. The highest BCUT2D eigenvalue weighted by Crippen LogP contribution is 2.47. The third-order valence-corrected chi connectivity index (χ3v) is 24.8. The summed E-state index contributed by atoms with van der Waals surface area (Å²) in [5, 5.41) is 11.5. The number of rotatable bonds is 14. The lowest BCUT2D eigenvalue weighted by Crippen LogP contribution is -2.02. The van der Waals surface area contributed by atoms with E-state index < -0.39 is 0 Å². The van der Waals surface area contributed by atoms with Crippen molar-refractivity contribution in [2.45, 2.75) is 0 Å². The molecule has 0 aliphatic rings. The number of para-hydroxylation sites is 5. The van der Waals surface area contributed by atoms with Crippen molar-refractivity contribution in [1.82, 2.24) is 62.7 Å². The Morgan fingerprint density at radius 2 is 0.456 bits per heavy atom. The number of pyridine rings is 2. The Morgan fingerprint density at radius 1 is 0.152 bits per heavy atom. The maximum absolute atomic E-state index is 5.36. The zero-order chi connectivity index (χ0) is 82.2. The van der Waals surface area contributed by atoms with Crippen molar-refractivity contribution >= 4 is 109 Å². The molecule has 582 valence electrons. The van der Waals surface area contributed by atoms with E-state index in [0.29, 0.717) is 34.9 Å². The fourth-order valence-electron chi connectivity index (χ4n) is 19.2. The van der Waals surface area contributed by atoms with Gasteiger partial charge in [-0.15, -0.1) is 0 Å². The van der Waals surface area contributed by atoms with Gasteiger partial charge >= 0.3 is 0 Å². The molecule has 0 aliphatic carbocycles. The molecule has 0 amide bonds. The molecule has 13 nitrogen and oxygen atoms in total. The minimum absolute atomic E-state index is 0.550. The smallest absolute Gasteiger partial charge is 0.164 e. The molecule has 0 fully saturated rings. The Kier molecular flexibility index (Phi) is 16.3. The van der Waals surface area contributed by atoms with Crippen LogP contribution in [-0.4, -0.2) is 62.7 Å². The molecule has 25 rings (SSSR count). The van der Waals surface area contributed by atoms with Gasteiger partial charge in [-0.1, -0.05) is 261 Å². The molecular formula is C112H69N13. The van der Waals surface area contributed by atoms with Gasteiger partial charge in [0.1, 0.15) is 0 Å². The van der Waals surface area contributed by atoms with Gasteiger partial charge in [-0.05, 0) is 156 Å². The average Bonchev–Trinajstić information content (AvgIpc) is 1.56. The Balaban J connectivity index is 0.647. The molecule has 0 atom stereocenters. The summed E-state index contributed by atoms with van der Waals surface area (Å²) >= 11 is 0. The van der Waals surface area contributed by atoms with Crippen LogP contribution in [0.1, 0.15) is 0 Å². The Morgan fingerprint density at radius 3 is 0.888 bits per heavy atom. The number of fused-ring (bicyclic) bond motifs is 15. The molecule has 0 unspecified atom stereocenters. The van der Waals surface area contributed by atoms with Gasteiger partial charge in [0.2, 0.25) is 0 Å². The summed E-state index contributed by atoms with van der Waals surface area (Å²) in [6.07, 6.45) is 7.45. The lowest BCUT2D eigenvalue weighted by atomic mass is 9.98. The fraction of sp³-hybridized carbons (Fsp3) is 0. The monoisotopic (exact) mass is 1600 g/mol. The maximum Gasteiger partial charge on any atom is 0.164 e. The molecule has 25 aromatic rings. The predicted molar refractivity (Wildman–Crippen MR) is 509 cm³/mol. The second-order valence-corrected chi connectivity index (χ2v) is 31.8. The van der Waals surface area contributed by atoms with Crippen LogP contribution in [0.5, 0.6) is 0 Å². The van der Waals surface area contributed by atoms with Crippen LogP contribution in [0.4, 0.5) is 0 Å². The molecule has 13 heteroatoms. The van der Waals surface area contributed by atoms with Crippen molar-refractivity contribution < 1.29 is 0 Å². The maximum atomic E-state index is 5.36. The first-order valence-electron chi connectivity index (χ1n) is 42.0. The van der Waals surface area contributed by atoms with Crippen molar-refractivity contribution in [3.8, 4) is 130 Å². The summed E-state index contributed by atoms with van der Waals surface area (Å²) in [7, 11) is 0. The summed E-state index contributed by atoms with van der Waals surface area (Å²) in [5.41, 5.74) is 27.3. The van der Waals surface area contributed by atoms with Crippen molar-refractivity contribution in [2.75, 3.05) is 0 Å². The highest BCUT2D eigenvalue weighted by atomic mass is 15.1. The third-order valence-electron chi connectivity index (χ3n) is 24.8. The summed E-state index contributed by atoms with van der Waals surface area (Å²) in [5.74, 6) is 3.45. The van der Waals surface area contributed by atoms with Crippen LogP contribution in [0.3, 0.4) is 0 Å². The summed E-state index contributed by atoms with van der Waals surface area (Å²) in [4.78, 5) is 40.9. The minimum Gasteiger partial charge on any atom is -0.309 e. The molecule has 0 spiro atoms. The Hall–Kier alpha value is -17.2. The first-order valence-corrected chi connectivity index (χ1v) is 42.0. The van der Waals surface area contributed by atoms with Gasteiger partial charge in [0.15, 0.2) is 34.9 Å². The van der Waals surface area contributed by atoms with Gasteiger partial charge in [-0.2, -0.15) is 0 Å². The molecule has 125 heavy (non-hydrogen) atoms. The van der Waals surface area contributed by atoms with E-state index in [1.54, 1.807) is 0 Å². The van der Waals surface area contributed by atoms with Crippen molar-refractivity contribution in [3.05, 3.63) is 419 Å². The van der Waals surface area contributed by atoms with E-state index in [0.717, 1.165) is 188 Å². The van der Waals surface area contributed by atoms with Gasteiger partial charge in [0, 0.05) is 152 Å². The van der Waals surface area contributed by atoms with Crippen LogP contribution in [0.15, 0.2) is 419 Å². The lowest BCUT2D eigenvalue weighted by Gasteiger charge is -2.16. The number of benzene rings is 16. The van der Waals surface area contributed by atoms with Gasteiger partial charge in [-0.25, -0.2) is 29.9 Å².